The normalized spacial score (nSPS) is 15.9. The SMILES string of the molecule is CCC(C)C(NC(=O)C(N)Cc1ccccc1)C(=O)NC(C(=O)NC(CC(N)=O)C(=O)O)C(C)CC. The van der Waals surface area contributed by atoms with Gasteiger partial charge in [-0.1, -0.05) is 70.9 Å². The number of carboxylic acids is 1. The summed E-state index contributed by atoms with van der Waals surface area (Å²) in [5.41, 5.74) is 12.0. The number of aliphatic carboxylic acids is 1. The Balaban J connectivity index is 3.01. The fraction of sp³-hybridized carbons (Fsp3) is 0.560. The Labute approximate surface area is 211 Å². The van der Waals surface area contributed by atoms with Crippen LogP contribution in [0.15, 0.2) is 30.3 Å². The van der Waals surface area contributed by atoms with Crippen molar-refractivity contribution in [2.75, 3.05) is 0 Å². The molecule has 1 rings (SSSR count). The Bertz CT molecular complexity index is 909. The number of primary amides is 1. The third-order valence-electron chi connectivity index (χ3n) is 6.24. The molecule has 36 heavy (non-hydrogen) atoms. The number of hydrogen-bond acceptors (Lipinski definition) is 6. The van der Waals surface area contributed by atoms with Crippen molar-refractivity contribution in [3.63, 3.8) is 0 Å². The van der Waals surface area contributed by atoms with Crippen molar-refractivity contribution in [2.24, 2.45) is 23.3 Å². The summed E-state index contributed by atoms with van der Waals surface area (Å²) in [4.78, 5) is 61.6. The Hall–Kier alpha value is -3.47. The van der Waals surface area contributed by atoms with Crippen LogP contribution < -0.4 is 27.4 Å². The van der Waals surface area contributed by atoms with Crippen LogP contribution in [0.3, 0.4) is 0 Å². The van der Waals surface area contributed by atoms with Crippen LogP contribution in [0.4, 0.5) is 0 Å². The van der Waals surface area contributed by atoms with Gasteiger partial charge in [0.15, 0.2) is 0 Å². The van der Waals surface area contributed by atoms with Crippen LogP contribution >= 0.6 is 0 Å². The minimum absolute atomic E-state index is 0.278. The number of nitrogens with one attached hydrogen (secondary N) is 3. The molecule has 1 aromatic carbocycles. The highest BCUT2D eigenvalue weighted by molar-refractivity contribution is 5.95. The molecule has 4 amide bonds. The van der Waals surface area contributed by atoms with Crippen molar-refractivity contribution in [3.8, 4) is 0 Å². The first-order chi connectivity index (χ1) is 16.9. The largest absolute Gasteiger partial charge is 0.480 e. The molecule has 0 aliphatic heterocycles. The van der Waals surface area contributed by atoms with E-state index in [9.17, 15) is 29.1 Å². The van der Waals surface area contributed by atoms with E-state index >= 15 is 0 Å². The number of benzene rings is 1. The van der Waals surface area contributed by atoms with Crippen LogP contribution in [0, 0.1) is 11.8 Å². The van der Waals surface area contributed by atoms with Gasteiger partial charge in [0.25, 0.3) is 0 Å². The molecule has 11 nitrogen and oxygen atoms in total. The summed E-state index contributed by atoms with van der Waals surface area (Å²) in [6.45, 7) is 7.19. The van der Waals surface area contributed by atoms with Crippen LogP contribution in [0.2, 0.25) is 0 Å². The molecule has 0 radical (unpaired) electrons. The molecule has 0 fully saturated rings. The molecule has 0 spiro atoms. The standard InChI is InChI=1S/C25H39N5O6/c1-5-14(3)20(23(33)28-18(25(35)36)13-19(27)31)30-24(34)21(15(4)6-2)29-22(32)17(26)12-16-10-8-7-9-11-16/h7-11,14-15,17-18,20-21H,5-6,12-13,26H2,1-4H3,(H2,27,31)(H,28,33)(H,29,32)(H,30,34)(H,35,36). The molecule has 0 aromatic heterocycles. The maximum atomic E-state index is 13.3. The number of nitrogens with two attached hydrogens (primary N) is 2. The monoisotopic (exact) mass is 505 g/mol. The van der Waals surface area contributed by atoms with Gasteiger partial charge in [0.2, 0.25) is 23.6 Å². The topological polar surface area (TPSA) is 194 Å². The fourth-order valence-electron chi connectivity index (χ4n) is 3.53. The predicted octanol–water partition coefficient (Wildman–Crippen LogP) is 0.0630. The molecule has 0 bridgehead atoms. The molecular formula is C25H39N5O6. The van der Waals surface area contributed by atoms with E-state index in [1.807, 2.05) is 44.2 Å². The highest BCUT2D eigenvalue weighted by Gasteiger charge is 2.34. The molecule has 0 aliphatic carbocycles. The smallest absolute Gasteiger partial charge is 0.326 e. The number of amides is 4. The molecule has 8 N–H and O–H groups in total. The Morgan fingerprint density at radius 3 is 1.75 bits per heavy atom. The molecule has 0 aliphatic rings. The second kappa shape index (κ2) is 14.8. The van der Waals surface area contributed by atoms with E-state index < -0.39 is 60.2 Å². The van der Waals surface area contributed by atoms with Gasteiger partial charge in [-0.15, -0.1) is 0 Å². The summed E-state index contributed by atoms with van der Waals surface area (Å²) in [5, 5.41) is 17.0. The summed E-state index contributed by atoms with van der Waals surface area (Å²) < 4.78 is 0. The Morgan fingerprint density at radius 2 is 1.31 bits per heavy atom. The number of carbonyl (C=O) groups is 5. The lowest BCUT2D eigenvalue weighted by molar-refractivity contribution is -0.144. The minimum Gasteiger partial charge on any atom is -0.480 e. The van der Waals surface area contributed by atoms with Gasteiger partial charge in [0.05, 0.1) is 12.5 Å². The molecule has 0 saturated carbocycles. The van der Waals surface area contributed by atoms with Crippen LogP contribution in [0.5, 0.6) is 0 Å². The third-order valence-corrected chi connectivity index (χ3v) is 6.24. The zero-order valence-electron chi connectivity index (χ0n) is 21.3. The third kappa shape index (κ3) is 9.65. The van der Waals surface area contributed by atoms with Gasteiger partial charge in [-0.2, -0.15) is 0 Å². The van der Waals surface area contributed by atoms with Gasteiger partial charge in [0.1, 0.15) is 18.1 Å². The lowest BCUT2D eigenvalue weighted by Gasteiger charge is -2.30. The van der Waals surface area contributed by atoms with Crippen LogP contribution in [0.25, 0.3) is 0 Å². The van der Waals surface area contributed by atoms with E-state index in [4.69, 9.17) is 11.5 Å². The molecule has 6 atom stereocenters. The highest BCUT2D eigenvalue weighted by Crippen LogP contribution is 2.13. The number of carboxylic acid groups (broad SMARTS) is 1. The van der Waals surface area contributed by atoms with Crippen LogP contribution in [-0.2, 0) is 30.4 Å². The summed E-state index contributed by atoms with van der Waals surface area (Å²) in [7, 11) is 0. The van der Waals surface area contributed by atoms with E-state index in [0.717, 1.165) is 5.56 Å². The maximum Gasteiger partial charge on any atom is 0.326 e. The van der Waals surface area contributed by atoms with E-state index in [1.54, 1.807) is 13.8 Å². The summed E-state index contributed by atoms with van der Waals surface area (Å²) in [6, 6.07) is 4.76. The quantitative estimate of drug-likeness (QED) is 0.194. The van der Waals surface area contributed by atoms with Crippen molar-refractivity contribution in [1.29, 1.82) is 0 Å². The van der Waals surface area contributed by atoms with Gasteiger partial charge in [0, 0.05) is 0 Å². The predicted molar refractivity (Wildman–Crippen MR) is 134 cm³/mol. The van der Waals surface area contributed by atoms with Gasteiger partial charge in [-0.05, 0) is 23.8 Å². The zero-order chi connectivity index (χ0) is 27.4. The van der Waals surface area contributed by atoms with E-state index in [0.29, 0.717) is 12.8 Å². The lowest BCUT2D eigenvalue weighted by atomic mass is 9.94. The van der Waals surface area contributed by atoms with Crippen molar-refractivity contribution in [3.05, 3.63) is 35.9 Å². The van der Waals surface area contributed by atoms with Crippen LogP contribution in [0.1, 0.15) is 52.5 Å². The van der Waals surface area contributed by atoms with Gasteiger partial charge >= 0.3 is 5.97 Å². The first-order valence-corrected chi connectivity index (χ1v) is 12.1. The van der Waals surface area contributed by atoms with Gasteiger partial charge in [-0.3, -0.25) is 19.2 Å². The molecule has 200 valence electrons. The lowest BCUT2D eigenvalue weighted by Crippen LogP contribution is -2.60. The van der Waals surface area contributed by atoms with Gasteiger partial charge in [-0.25, -0.2) is 4.79 Å². The summed E-state index contributed by atoms with van der Waals surface area (Å²) in [6.07, 6.45) is 0.753. The molecular weight excluding hydrogens is 466 g/mol. The van der Waals surface area contributed by atoms with Crippen molar-refractivity contribution < 1.29 is 29.1 Å². The molecule has 11 heteroatoms. The van der Waals surface area contributed by atoms with E-state index in [-0.39, 0.29) is 18.3 Å². The van der Waals surface area contributed by atoms with Crippen LogP contribution in [-0.4, -0.2) is 58.9 Å². The van der Waals surface area contributed by atoms with E-state index in [1.165, 1.54) is 0 Å². The van der Waals surface area contributed by atoms with Gasteiger partial charge < -0.3 is 32.5 Å². The second-order valence-electron chi connectivity index (χ2n) is 9.11. The van der Waals surface area contributed by atoms with Crippen molar-refractivity contribution in [2.45, 2.75) is 77.5 Å². The minimum atomic E-state index is -1.53. The number of hydrogen-bond donors (Lipinski definition) is 6. The average Bonchev–Trinajstić information content (AvgIpc) is 2.84. The van der Waals surface area contributed by atoms with Crippen molar-refractivity contribution >= 4 is 29.6 Å². The average molecular weight is 506 g/mol. The first kappa shape index (κ1) is 30.6. The Morgan fingerprint density at radius 1 is 0.833 bits per heavy atom. The first-order valence-electron chi connectivity index (χ1n) is 12.1. The molecule has 0 heterocycles. The summed E-state index contributed by atoms with van der Waals surface area (Å²) >= 11 is 0. The summed E-state index contributed by atoms with van der Waals surface area (Å²) in [5.74, 6) is -4.82. The second-order valence-corrected chi connectivity index (χ2v) is 9.11. The molecule has 1 aromatic rings. The number of rotatable bonds is 15. The van der Waals surface area contributed by atoms with Crippen molar-refractivity contribution in [1.82, 2.24) is 16.0 Å². The Kier molecular flexibility index (Phi) is 12.6. The maximum absolute atomic E-state index is 13.3. The zero-order valence-corrected chi connectivity index (χ0v) is 21.3. The molecule has 0 saturated heterocycles. The number of carbonyl (C=O) groups excluding carboxylic acids is 4. The molecule has 6 unspecified atom stereocenters. The fourth-order valence-corrected chi connectivity index (χ4v) is 3.53. The van der Waals surface area contributed by atoms with E-state index in [2.05, 4.69) is 16.0 Å². The highest BCUT2D eigenvalue weighted by atomic mass is 16.4.